The fraction of sp³-hybridized carbons (Fsp3) is 0.286. The zero-order chi connectivity index (χ0) is 18.1. The zero-order valence-electron chi connectivity index (χ0n) is 14.3. The van der Waals surface area contributed by atoms with Crippen molar-refractivity contribution in [3.05, 3.63) is 70.8 Å². The topological polar surface area (TPSA) is 49.8 Å². The molecule has 0 aliphatic carbocycles. The molecule has 2 aliphatic rings. The van der Waals surface area contributed by atoms with E-state index in [9.17, 15) is 4.79 Å². The van der Waals surface area contributed by atoms with Gasteiger partial charge in [-0.2, -0.15) is 0 Å². The highest BCUT2D eigenvalue weighted by molar-refractivity contribution is 6.30. The Morgan fingerprint density at radius 2 is 1.81 bits per heavy atom. The Labute approximate surface area is 157 Å². The number of carboxylic acid groups (broad SMARTS) is 1. The number of benzene rings is 2. The van der Waals surface area contributed by atoms with E-state index in [4.69, 9.17) is 21.4 Å². The normalized spacial score (nSPS) is 18.7. The van der Waals surface area contributed by atoms with Gasteiger partial charge in [-0.25, -0.2) is 0 Å². The number of nitrogens with zero attached hydrogens (tertiary/aromatic N) is 1. The van der Waals surface area contributed by atoms with E-state index >= 15 is 0 Å². The molecule has 1 saturated heterocycles. The molecule has 0 bridgehead atoms. The van der Waals surface area contributed by atoms with Gasteiger partial charge in [-0.15, -0.1) is 0 Å². The second kappa shape index (κ2) is 6.78. The van der Waals surface area contributed by atoms with Crippen LogP contribution in [0.3, 0.4) is 0 Å². The van der Waals surface area contributed by atoms with E-state index in [0.717, 1.165) is 35.3 Å². The maximum Gasteiger partial charge on any atom is 0.317 e. The number of ether oxygens (including phenoxy) is 1. The predicted octanol–water partition coefficient (Wildman–Crippen LogP) is 4.08. The molecule has 2 heterocycles. The molecule has 0 unspecified atom stereocenters. The van der Waals surface area contributed by atoms with E-state index in [2.05, 4.69) is 12.1 Å². The summed E-state index contributed by atoms with van der Waals surface area (Å²) in [5.74, 6) is 0.0971. The zero-order valence-corrected chi connectivity index (χ0v) is 15.1. The Morgan fingerprint density at radius 1 is 1.12 bits per heavy atom. The van der Waals surface area contributed by atoms with Crippen LogP contribution in [0.1, 0.15) is 24.0 Å². The standard InChI is InChI=1S/C21H20ClNO3/c22-16-7-5-15(6-8-16)18-13-21(26-19-4-2-1-3-17(18)19)9-11-23(12-10-21)14-20(24)25/h1-8,13H,9-12,14H2,(H,24,25). The molecule has 1 spiro atoms. The van der Waals surface area contributed by atoms with Crippen LogP contribution < -0.4 is 4.74 Å². The summed E-state index contributed by atoms with van der Waals surface area (Å²) < 4.78 is 6.41. The summed E-state index contributed by atoms with van der Waals surface area (Å²) in [7, 11) is 0. The molecule has 1 N–H and O–H groups in total. The first-order chi connectivity index (χ1) is 12.5. The number of aliphatic carboxylic acids is 1. The molecule has 0 amide bonds. The molecule has 2 aliphatic heterocycles. The Balaban J connectivity index is 1.69. The Kier molecular flexibility index (Phi) is 4.47. The summed E-state index contributed by atoms with van der Waals surface area (Å²) in [4.78, 5) is 12.9. The molecule has 2 aromatic rings. The molecule has 4 rings (SSSR count). The van der Waals surface area contributed by atoms with E-state index < -0.39 is 11.6 Å². The third kappa shape index (κ3) is 3.35. The molecular formula is C21H20ClNO3. The Bertz CT molecular complexity index is 852. The fourth-order valence-electron chi connectivity index (χ4n) is 3.76. The molecule has 0 atom stereocenters. The highest BCUT2D eigenvalue weighted by Gasteiger charge is 2.39. The summed E-state index contributed by atoms with van der Waals surface area (Å²) in [5, 5.41) is 9.73. The minimum Gasteiger partial charge on any atom is -0.482 e. The van der Waals surface area contributed by atoms with E-state index in [1.54, 1.807) is 0 Å². The van der Waals surface area contributed by atoms with Crippen LogP contribution in [-0.4, -0.2) is 41.2 Å². The van der Waals surface area contributed by atoms with E-state index in [1.165, 1.54) is 0 Å². The van der Waals surface area contributed by atoms with Crippen LogP contribution in [0.2, 0.25) is 5.02 Å². The molecule has 2 aromatic carbocycles. The Morgan fingerprint density at radius 3 is 2.50 bits per heavy atom. The lowest BCUT2D eigenvalue weighted by molar-refractivity contribution is -0.139. The van der Waals surface area contributed by atoms with Gasteiger partial charge in [0.1, 0.15) is 11.4 Å². The summed E-state index contributed by atoms with van der Waals surface area (Å²) in [6.07, 6.45) is 3.76. The number of hydrogen-bond donors (Lipinski definition) is 1. The number of likely N-dealkylation sites (tertiary alicyclic amines) is 1. The van der Waals surface area contributed by atoms with Gasteiger partial charge in [-0.1, -0.05) is 41.9 Å². The molecule has 0 aromatic heterocycles. The largest absolute Gasteiger partial charge is 0.482 e. The number of fused-ring (bicyclic) bond motifs is 1. The lowest BCUT2D eigenvalue weighted by Gasteiger charge is -2.42. The number of rotatable bonds is 3. The van der Waals surface area contributed by atoms with Gasteiger partial charge in [0, 0.05) is 36.5 Å². The van der Waals surface area contributed by atoms with Crippen LogP contribution in [0.5, 0.6) is 5.75 Å². The highest BCUT2D eigenvalue weighted by atomic mass is 35.5. The summed E-state index contributed by atoms with van der Waals surface area (Å²) in [6, 6.07) is 15.9. The molecule has 4 nitrogen and oxygen atoms in total. The van der Waals surface area contributed by atoms with E-state index in [1.807, 2.05) is 47.4 Å². The van der Waals surface area contributed by atoms with Gasteiger partial charge in [-0.05, 0) is 35.4 Å². The first-order valence-corrected chi connectivity index (χ1v) is 9.14. The van der Waals surface area contributed by atoms with Crippen molar-refractivity contribution < 1.29 is 14.6 Å². The number of piperidine rings is 1. The SMILES string of the molecule is O=C(O)CN1CCC2(C=C(c3ccc(Cl)cc3)c3ccccc3O2)CC1. The molecule has 0 saturated carbocycles. The second-order valence-electron chi connectivity index (χ2n) is 6.90. The minimum atomic E-state index is -0.784. The van der Waals surface area contributed by atoms with Crippen molar-refractivity contribution in [2.45, 2.75) is 18.4 Å². The molecular weight excluding hydrogens is 350 g/mol. The highest BCUT2D eigenvalue weighted by Crippen LogP contribution is 2.43. The van der Waals surface area contributed by atoms with Crippen LogP contribution in [0.25, 0.3) is 5.57 Å². The van der Waals surface area contributed by atoms with Crippen molar-refractivity contribution in [2.75, 3.05) is 19.6 Å². The predicted molar refractivity (Wildman–Crippen MR) is 102 cm³/mol. The molecule has 5 heteroatoms. The van der Waals surface area contributed by atoms with Gasteiger partial charge < -0.3 is 9.84 Å². The third-order valence-electron chi connectivity index (χ3n) is 5.11. The quantitative estimate of drug-likeness (QED) is 0.885. The third-order valence-corrected chi connectivity index (χ3v) is 5.37. The average molecular weight is 370 g/mol. The summed E-state index contributed by atoms with van der Waals surface area (Å²) in [6.45, 7) is 1.50. The van der Waals surface area contributed by atoms with Crippen molar-refractivity contribution in [3.8, 4) is 5.75 Å². The number of para-hydroxylation sites is 1. The van der Waals surface area contributed by atoms with Gasteiger partial charge in [0.25, 0.3) is 0 Å². The van der Waals surface area contributed by atoms with Crippen molar-refractivity contribution in [1.82, 2.24) is 4.90 Å². The van der Waals surface area contributed by atoms with E-state index in [-0.39, 0.29) is 6.54 Å². The number of hydrogen-bond acceptors (Lipinski definition) is 3. The van der Waals surface area contributed by atoms with Crippen molar-refractivity contribution >= 4 is 23.1 Å². The van der Waals surface area contributed by atoms with Crippen molar-refractivity contribution in [2.24, 2.45) is 0 Å². The smallest absolute Gasteiger partial charge is 0.317 e. The summed E-state index contributed by atoms with van der Waals surface area (Å²) >= 11 is 6.05. The Hall–Kier alpha value is -2.30. The van der Waals surface area contributed by atoms with Crippen molar-refractivity contribution in [1.29, 1.82) is 0 Å². The lowest BCUT2D eigenvalue weighted by atomic mass is 9.83. The number of halogens is 1. The maximum atomic E-state index is 11.0. The van der Waals surface area contributed by atoms with Crippen molar-refractivity contribution in [3.63, 3.8) is 0 Å². The minimum absolute atomic E-state index is 0.0838. The number of carbonyl (C=O) groups is 1. The van der Waals surface area contributed by atoms with E-state index in [0.29, 0.717) is 18.1 Å². The van der Waals surface area contributed by atoms with Gasteiger partial charge >= 0.3 is 5.97 Å². The van der Waals surface area contributed by atoms with Crippen LogP contribution in [-0.2, 0) is 4.79 Å². The molecule has 0 radical (unpaired) electrons. The maximum absolute atomic E-state index is 11.0. The molecule has 134 valence electrons. The van der Waals surface area contributed by atoms with Gasteiger partial charge in [0.15, 0.2) is 0 Å². The fourth-order valence-corrected chi connectivity index (χ4v) is 3.89. The first-order valence-electron chi connectivity index (χ1n) is 8.76. The van der Waals surface area contributed by atoms with Crippen LogP contribution in [0.4, 0.5) is 0 Å². The van der Waals surface area contributed by atoms with Gasteiger partial charge in [-0.3, -0.25) is 9.69 Å². The number of carboxylic acids is 1. The average Bonchev–Trinajstić information content (AvgIpc) is 2.64. The molecule has 26 heavy (non-hydrogen) atoms. The summed E-state index contributed by atoms with van der Waals surface area (Å²) in [5.41, 5.74) is 2.94. The second-order valence-corrected chi connectivity index (χ2v) is 7.33. The van der Waals surface area contributed by atoms with Gasteiger partial charge in [0.05, 0.1) is 6.54 Å². The van der Waals surface area contributed by atoms with Crippen LogP contribution >= 0.6 is 11.6 Å². The van der Waals surface area contributed by atoms with Crippen LogP contribution in [0.15, 0.2) is 54.6 Å². The first kappa shape index (κ1) is 17.1. The monoisotopic (exact) mass is 369 g/mol. The van der Waals surface area contributed by atoms with Gasteiger partial charge in [0.2, 0.25) is 0 Å². The lowest BCUT2D eigenvalue weighted by Crippen LogP contribution is -2.49. The molecule has 1 fully saturated rings. The van der Waals surface area contributed by atoms with Crippen LogP contribution in [0, 0.1) is 0 Å².